The molecule has 2 nitrogen and oxygen atoms in total. The predicted molar refractivity (Wildman–Crippen MR) is 80.7 cm³/mol. The van der Waals surface area contributed by atoms with Crippen LogP contribution in [0.3, 0.4) is 0 Å². The van der Waals surface area contributed by atoms with Crippen LogP contribution in [0.15, 0.2) is 0 Å². The van der Waals surface area contributed by atoms with E-state index in [-0.39, 0.29) is 0 Å². The van der Waals surface area contributed by atoms with Crippen LogP contribution in [0.5, 0.6) is 0 Å². The minimum atomic E-state index is 0.363. The van der Waals surface area contributed by atoms with Crippen LogP contribution >= 0.6 is 0 Å². The van der Waals surface area contributed by atoms with E-state index in [2.05, 4.69) is 32.7 Å². The molecule has 1 saturated carbocycles. The second kappa shape index (κ2) is 8.16. The van der Waals surface area contributed by atoms with Crippen molar-refractivity contribution in [2.75, 3.05) is 13.6 Å². The summed E-state index contributed by atoms with van der Waals surface area (Å²) in [4.78, 5) is 2.57. The smallest absolute Gasteiger partial charge is 0.00923 e. The molecule has 1 aliphatic carbocycles. The molecule has 0 radical (unpaired) electrons. The SMILES string of the molecule is CCC1CCCC(N(C)CCC(N)C(C)C)CC1. The lowest BCUT2D eigenvalue weighted by Crippen LogP contribution is -2.36. The van der Waals surface area contributed by atoms with Gasteiger partial charge in [-0.1, -0.05) is 40.0 Å². The normalized spacial score (nSPS) is 27.5. The molecular formula is C16H34N2. The Hall–Kier alpha value is -0.0800. The molecular weight excluding hydrogens is 220 g/mol. The molecule has 0 aromatic carbocycles. The molecule has 1 fully saturated rings. The number of rotatable bonds is 6. The second-order valence-corrected chi connectivity index (χ2v) is 6.61. The van der Waals surface area contributed by atoms with Crippen molar-refractivity contribution >= 4 is 0 Å². The monoisotopic (exact) mass is 254 g/mol. The minimum absolute atomic E-state index is 0.363. The van der Waals surface area contributed by atoms with Crippen LogP contribution in [0.2, 0.25) is 0 Å². The maximum Gasteiger partial charge on any atom is 0.00923 e. The third-order valence-corrected chi connectivity index (χ3v) is 4.93. The van der Waals surface area contributed by atoms with Crippen molar-refractivity contribution < 1.29 is 0 Å². The molecule has 0 bridgehead atoms. The molecule has 18 heavy (non-hydrogen) atoms. The summed E-state index contributed by atoms with van der Waals surface area (Å²) < 4.78 is 0. The molecule has 0 aliphatic heterocycles. The van der Waals surface area contributed by atoms with E-state index >= 15 is 0 Å². The van der Waals surface area contributed by atoms with Gasteiger partial charge in [0.1, 0.15) is 0 Å². The average Bonchev–Trinajstić information content (AvgIpc) is 2.60. The largest absolute Gasteiger partial charge is 0.327 e. The Morgan fingerprint density at radius 1 is 1.17 bits per heavy atom. The van der Waals surface area contributed by atoms with Crippen LogP contribution in [-0.4, -0.2) is 30.6 Å². The fourth-order valence-electron chi connectivity index (χ4n) is 3.08. The van der Waals surface area contributed by atoms with Gasteiger partial charge >= 0.3 is 0 Å². The Labute approximate surface area is 114 Å². The molecule has 0 aromatic heterocycles. The van der Waals surface area contributed by atoms with Gasteiger partial charge in [-0.3, -0.25) is 0 Å². The van der Waals surface area contributed by atoms with Gasteiger partial charge in [-0.25, -0.2) is 0 Å². The summed E-state index contributed by atoms with van der Waals surface area (Å²) in [6.45, 7) is 7.96. The fraction of sp³-hybridized carbons (Fsp3) is 1.00. The van der Waals surface area contributed by atoms with Crippen LogP contribution in [0, 0.1) is 11.8 Å². The van der Waals surface area contributed by atoms with Crippen molar-refractivity contribution in [2.45, 2.75) is 77.8 Å². The lowest BCUT2D eigenvalue weighted by molar-refractivity contribution is 0.207. The first-order valence-electron chi connectivity index (χ1n) is 8.00. The number of hydrogen-bond donors (Lipinski definition) is 1. The summed E-state index contributed by atoms with van der Waals surface area (Å²) in [5.41, 5.74) is 6.14. The zero-order valence-corrected chi connectivity index (χ0v) is 13.0. The Kier molecular flexibility index (Phi) is 7.25. The highest BCUT2D eigenvalue weighted by atomic mass is 15.1. The molecule has 0 spiro atoms. The number of nitrogens with zero attached hydrogens (tertiary/aromatic N) is 1. The highest BCUT2D eigenvalue weighted by Crippen LogP contribution is 2.27. The van der Waals surface area contributed by atoms with Gasteiger partial charge in [0.25, 0.3) is 0 Å². The lowest BCUT2D eigenvalue weighted by Gasteiger charge is -2.29. The van der Waals surface area contributed by atoms with E-state index in [1.807, 2.05) is 0 Å². The van der Waals surface area contributed by atoms with Gasteiger partial charge in [0.15, 0.2) is 0 Å². The Morgan fingerprint density at radius 3 is 2.50 bits per heavy atom. The van der Waals surface area contributed by atoms with Crippen molar-refractivity contribution in [1.29, 1.82) is 0 Å². The summed E-state index contributed by atoms with van der Waals surface area (Å²) in [6.07, 6.45) is 9.60. The fourth-order valence-corrected chi connectivity index (χ4v) is 3.08. The van der Waals surface area contributed by atoms with Gasteiger partial charge in [0, 0.05) is 12.1 Å². The molecule has 108 valence electrons. The summed E-state index contributed by atoms with van der Waals surface area (Å²) in [7, 11) is 2.30. The zero-order valence-electron chi connectivity index (χ0n) is 13.0. The standard InChI is InChI=1S/C16H34N2/c1-5-14-7-6-8-15(10-9-14)18(4)12-11-16(17)13(2)3/h13-16H,5-12,17H2,1-4H3. The molecule has 1 aliphatic rings. The second-order valence-electron chi connectivity index (χ2n) is 6.61. The van der Waals surface area contributed by atoms with Crippen LogP contribution in [0.4, 0.5) is 0 Å². The van der Waals surface area contributed by atoms with Crippen LogP contribution in [0.25, 0.3) is 0 Å². The van der Waals surface area contributed by atoms with Gasteiger partial charge in [-0.15, -0.1) is 0 Å². The zero-order chi connectivity index (χ0) is 13.5. The summed E-state index contributed by atoms with van der Waals surface area (Å²) in [5.74, 6) is 1.60. The van der Waals surface area contributed by atoms with E-state index < -0.39 is 0 Å². The van der Waals surface area contributed by atoms with Crippen LogP contribution in [0.1, 0.15) is 65.7 Å². The molecule has 1 rings (SSSR count). The molecule has 3 atom stereocenters. The van der Waals surface area contributed by atoms with Crippen molar-refractivity contribution in [3.05, 3.63) is 0 Å². The van der Waals surface area contributed by atoms with E-state index in [1.165, 1.54) is 45.1 Å². The molecule has 0 saturated heterocycles. The maximum atomic E-state index is 6.14. The lowest BCUT2D eigenvalue weighted by atomic mass is 9.97. The predicted octanol–water partition coefficient (Wildman–Crippen LogP) is 3.65. The first-order valence-corrected chi connectivity index (χ1v) is 8.00. The third-order valence-electron chi connectivity index (χ3n) is 4.93. The molecule has 0 aromatic rings. The van der Waals surface area contributed by atoms with Gasteiger partial charge in [0.2, 0.25) is 0 Å². The van der Waals surface area contributed by atoms with Gasteiger partial charge in [-0.2, -0.15) is 0 Å². The van der Waals surface area contributed by atoms with E-state index in [4.69, 9.17) is 5.73 Å². The topological polar surface area (TPSA) is 29.3 Å². The Balaban J connectivity index is 2.30. The van der Waals surface area contributed by atoms with Crippen molar-refractivity contribution in [3.8, 4) is 0 Å². The van der Waals surface area contributed by atoms with Gasteiger partial charge in [0.05, 0.1) is 0 Å². The molecule has 2 N–H and O–H groups in total. The number of hydrogen-bond acceptors (Lipinski definition) is 2. The Bertz CT molecular complexity index is 215. The number of nitrogens with two attached hydrogens (primary N) is 1. The summed E-state index contributed by atoms with van der Waals surface area (Å²) in [6, 6.07) is 1.17. The minimum Gasteiger partial charge on any atom is -0.327 e. The van der Waals surface area contributed by atoms with Crippen LogP contribution in [-0.2, 0) is 0 Å². The Morgan fingerprint density at radius 2 is 1.89 bits per heavy atom. The summed E-state index contributed by atoms with van der Waals surface area (Å²) in [5, 5.41) is 0. The summed E-state index contributed by atoms with van der Waals surface area (Å²) >= 11 is 0. The molecule has 0 heterocycles. The quantitative estimate of drug-likeness (QED) is 0.733. The van der Waals surface area contributed by atoms with E-state index in [0.29, 0.717) is 12.0 Å². The van der Waals surface area contributed by atoms with Gasteiger partial charge in [-0.05, 0) is 51.1 Å². The maximum absolute atomic E-state index is 6.14. The van der Waals surface area contributed by atoms with E-state index in [1.54, 1.807) is 0 Å². The van der Waals surface area contributed by atoms with E-state index in [9.17, 15) is 0 Å². The van der Waals surface area contributed by atoms with Gasteiger partial charge < -0.3 is 10.6 Å². The van der Waals surface area contributed by atoms with Crippen LogP contribution < -0.4 is 5.73 Å². The van der Waals surface area contributed by atoms with Crippen molar-refractivity contribution in [3.63, 3.8) is 0 Å². The first-order chi connectivity index (χ1) is 8.54. The highest BCUT2D eigenvalue weighted by Gasteiger charge is 2.21. The average molecular weight is 254 g/mol. The van der Waals surface area contributed by atoms with Crippen molar-refractivity contribution in [1.82, 2.24) is 4.90 Å². The first kappa shape index (κ1) is 16.0. The van der Waals surface area contributed by atoms with Crippen molar-refractivity contribution in [2.24, 2.45) is 17.6 Å². The highest BCUT2D eigenvalue weighted by molar-refractivity contribution is 4.77. The third kappa shape index (κ3) is 5.27. The molecule has 3 unspecified atom stereocenters. The van der Waals surface area contributed by atoms with E-state index in [0.717, 1.165) is 18.4 Å². The molecule has 2 heteroatoms. The molecule has 0 amide bonds.